The number of benzene rings is 2. The minimum Gasteiger partial charge on any atom is -0.493 e. The summed E-state index contributed by atoms with van der Waals surface area (Å²) >= 11 is 0. The number of rotatable bonds is 1. The third-order valence-electron chi connectivity index (χ3n) is 8.85. The fraction of sp³-hybridized carbons (Fsp3) is 0.500. The molecule has 0 aromatic heterocycles. The molecule has 8 heteroatoms. The highest BCUT2D eigenvalue weighted by molar-refractivity contribution is 6.00. The van der Waals surface area contributed by atoms with Gasteiger partial charge in [-0.1, -0.05) is 38.0 Å². The molecule has 0 radical (unpaired) electrons. The average molecular weight is 517 g/mol. The first-order valence-corrected chi connectivity index (χ1v) is 13.9. The second kappa shape index (κ2) is 9.73. The van der Waals surface area contributed by atoms with Gasteiger partial charge in [0.1, 0.15) is 5.75 Å². The summed E-state index contributed by atoms with van der Waals surface area (Å²) in [5, 5.41) is 13.9. The second-order valence-electron chi connectivity index (χ2n) is 11.2. The minimum absolute atomic E-state index is 0.0254. The van der Waals surface area contributed by atoms with Crippen LogP contribution in [0.4, 0.5) is 0 Å². The van der Waals surface area contributed by atoms with Crippen LogP contribution in [-0.2, 0) is 17.6 Å². The predicted octanol–water partition coefficient (Wildman–Crippen LogP) is 3.71. The molecule has 7 rings (SSSR count). The van der Waals surface area contributed by atoms with Crippen LogP contribution in [0.1, 0.15) is 96.6 Å². The Kier molecular flexibility index (Phi) is 6.38. The number of aryl methyl sites for hydroxylation is 1. The predicted molar refractivity (Wildman–Crippen MR) is 144 cm³/mol. The zero-order valence-corrected chi connectivity index (χ0v) is 21.9. The van der Waals surface area contributed by atoms with E-state index in [1.807, 2.05) is 0 Å². The number of nitrogens with one attached hydrogen (secondary N) is 1. The van der Waals surface area contributed by atoms with E-state index in [1.54, 1.807) is 23.1 Å². The van der Waals surface area contributed by atoms with Gasteiger partial charge in [-0.15, -0.1) is 0 Å². The number of nitrogens with two attached hydrogens (primary N) is 1. The Hall–Kier alpha value is -3.39. The maximum absolute atomic E-state index is 13.6. The van der Waals surface area contributed by atoms with Crippen LogP contribution in [0.25, 0.3) is 0 Å². The summed E-state index contributed by atoms with van der Waals surface area (Å²) in [5.41, 5.74) is 10.6. The van der Waals surface area contributed by atoms with Gasteiger partial charge in [0.25, 0.3) is 5.91 Å². The van der Waals surface area contributed by atoms with E-state index in [0.717, 1.165) is 55.2 Å². The molecule has 4 heterocycles. The van der Waals surface area contributed by atoms with Gasteiger partial charge in [-0.3, -0.25) is 14.5 Å². The molecule has 2 aromatic carbocycles. The Morgan fingerprint density at radius 3 is 2.84 bits per heavy atom. The molecular formula is C30H36N4O4. The molecule has 6 bridgehead atoms. The number of hydrogen-bond acceptors (Lipinski definition) is 6. The Morgan fingerprint density at radius 1 is 1.16 bits per heavy atom. The number of nitrogens with zero attached hydrogens (tertiary/aromatic N) is 2. The van der Waals surface area contributed by atoms with Crippen LogP contribution in [0.15, 0.2) is 41.4 Å². The summed E-state index contributed by atoms with van der Waals surface area (Å²) in [4.78, 5) is 33.6. The van der Waals surface area contributed by atoms with Gasteiger partial charge in [-0.25, -0.2) is 4.99 Å². The van der Waals surface area contributed by atoms with Crippen LogP contribution in [-0.4, -0.2) is 46.0 Å². The summed E-state index contributed by atoms with van der Waals surface area (Å²) in [6, 6.07) is 10.9. The summed E-state index contributed by atoms with van der Waals surface area (Å²) in [7, 11) is 0. The van der Waals surface area contributed by atoms with Crippen LogP contribution in [0.5, 0.6) is 5.75 Å². The van der Waals surface area contributed by atoms with E-state index >= 15 is 0 Å². The van der Waals surface area contributed by atoms with Crippen molar-refractivity contribution < 1.29 is 19.4 Å². The van der Waals surface area contributed by atoms with Gasteiger partial charge in [-0.05, 0) is 60.6 Å². The topological polar surface area (TPSA) is 117 Å². The largest absolute Gasteiger partial charge is 0.493 e. The number of fused-ring (bicyclic) bond motifs is 6. The Bertz CT molecular complexity index is 1310. The van der Waals surface area contributed by atoms with Crippen LogP contribution < -0.4 is 15.8 Å². The van der Waals surface area contributed by atoms with Crippen molar-refractivity contribution in [3.05, 3.63) is 64.2 Å². The van der Waals surface area contributed by atoms with Gasteiger partial charge in [0.2, 0.25) is 5.91 Å². The zero-order chi connectivity index (χ0) is 26.4. The van der Waals surface area contributed by atoms with Gasteiger partial charge >= 0.3 is 0 Å². The van der Waals surface area contributed by atoms with E-state index in [0.29, 0.717) is 37.2 Å². The van der Waals surface area contributed by atoms with E-state index in [2.05, 4.69) is 30.4 Å². The standard InChI is InChI=1S/C30H36N4O4/c1-2-30-12-5-3-4-6-18-7-8-19-16-24(35)27(21(19)14-18)32-28(37)20-9-10-25-22(15-20)23(11-13-38-25)34(26(36)17-30)29(31)33-30/h7-10,14-15,23-24,27,35H,2-6,11-13,16-17H2,1H3,(H2,31,33)(H,32,37). The fourth-order valence-corrected chi connectivity index (χ4v) is 6.66. The molecular weight excluding hydrogens is 480 g/mol. The van der Waals surface area contributed by atoms with E-state index in [1.165, 1.54) is 5.56 Å². The zero-order valence-electron chi connectivity index (χ0n) is 21.9. The summed E-state index contributed by atoms with van der Waals surface area (Å²) in [6.45, 7) is 2.53. The first-order chi connectivity index (χ1) is 18.4. The van der Waals surface area contributed by atoms with Crippen LogP contribution in [0.2, 0.25) is 0 Å². The molecule has 4 N–H and O–H groups in total. The molecule has 8 nitrogen and oxygen atoms in total. The molecule has 38 heavy (non-hydrogen) atoms. The second-order valence-corrected chi connectivity index (χ2v) is 11.2. The molecule has 5 aliphatic rings. The lowest BCUT2D eigenvalue weighted by molar-refractivity contribution is -0.132. The molecule has 2 amide bonds. The highest BCUT2D eigenvalue weighted by Crippen LogP contribution is 2.41. The number of guanidine groups is 1. The van der Waals surface area contributed by atoms with Crippen LogP contribution in [0, 0.1) is 0 Å². The smallest absolute Gasteiger partial charge is 0.251 e. The van der Waals surface area contributed by atoms with Crippen molar-refractivity contribution in [3.63, 3.8) is 0 Å². The van der Waals surface area contributed by atoms with Crippen molar-refractivity contribution in [1.82, 2.24) is 10.2 Å². The van der Waals surface area contributed by atoms with E-state index < -0.39 is 17.7 Å². The lowest BCUT2D eigenvalue weighted by Crippen LogP contribution is -2.53. The summed E-state index contributed by atoms with van der Waals surface area (Å²) < 4.78 is 5.89. The summed E-state index contributed by atoms with van der Waals surface area (Å²) in [5.74, 6) is 0.607. The van der Waals surface area contributed by atoms with E-state index in [-0.39, 0.29) is 23.8 Å². The van der Waals surface area contributed by atoms with E-state index in [4.69, 9.17) is 15.5 Å². The first kappa shape index (κ1) is 24.9. The number of hydrogen-bond donors (Lipinski definition) is 3. The Balaban J connectivity index is 1.41. The van der Waals surface area contributed by atoms with Gasteiger partial charge in [0.15, 0.2) is 5.96 Å². The molecule has 0 fully saturated rings. The number of ether oxygens (including phenoxy) is 1. The van der Waals surface area contributed by atoms with Crippen molar-refractivity contribution in [2.24, 2.45) is 10.7 Å². The Morgan fingerprint density at radius 2 is 2.03 bits per heavy atom. The molecule has 0 saturated carbocycles. The van der Waals surface area contributed by atoms with Crippen molar-refractivity contribution in [2.45, 2.75) is 88.4 Å². The lowest BCUT2D eigenvalue weighted by atomic mass is 9.84. The monoisotopic (exact) mass is 516 g/mol. The quantitative estimate of drug-likeness (QED) is 0.534. The SMILES string of the molecule is CCC12CCCCCc3ccc4c(c3)C(NC(=O)c3ccc5c(c3)C(CCO5)N(C(=O)C1)C(N)=N2)C(O)C4. The highest BCUT2D eigenvalue weighted by atomic mass is 16.5. The number of aliphatic hydroxyl groups is 1. The third-order valence-corrected chi connectivity index (χ3v) is 8.85. The normalized spacial score (nSPS) is 29.1. The molecule has 4 unspecified atom stereocenters. The number of aliphatic hydroxyl groups excluding tert-OH is 1. The first-order valence-electron chi connectivity index (χ1n) is 13.9. The number of carbonyl (C=O) groups excluding carboxylic acids is 2. The molecule has 200 valence electrons. The van der Waals surface area contributed by atoms with Crippen LogP contribution in [0.3, 0.4) is 0 Å². The van der Waals surface area contributed by atoms with Crippen molar-refractivity contribution in [2.75, 3.05) is 6.61 Å². The molecule has 0 saturated heterocycles. The molecule has 1 aliphatic carbocycles. The van der Waals surface area contributed by atoms with Crippen molar-refractivity contribution >= 4 is 17.8 Å². The third kappa shape index (κ3) is 4.34. The number of aliphatic imine (C=N–C) groups is 1. The molecule has 4 atom stereocenters. The highest BCUT2D eigenvalue weighted by Gasteiger charge is 2.42. The minimum atomic E-state index is -0.674. The molecule has 4 aliphatic heterocycles. The van der Waals surface area contributed by atoms with Crippen molar-refractivity contribution in [1.29, 1.82) is 0 Å². The Labute approximate surface area is 223 Å². The van der Waals surface area contributed by atoms with Gasteiger partial charge in [-0.2, -0.15) is 0 Å². The lowest BCUT2D eigenvalue weighted by Gasteiger charge is -2.42. The maximum Gasteiger partial charge on any atom is 0.251 e. The fourth-order valence-electron chi connectivity index (χ4n) is 6.66. The molecule has 0 spiro atoms. The average Bonchev–Trinajstić information content (AvgIpc) is 3.21. The van der Waals surface area contributed by atoms with Gasteiger partial charge in [0.05, 0.1) is 36.8 Å². The summed E-state index contributed by atoms with van der Waals surface area (Å²) in [6.07, 6.45) is 6.29. The van der Waals surface area contributed by atoms with Gasteiger partial charge < -0.3 is 20.9 Å². The number of amides is 2. The number of carbonyl (C=O) groups is 2. The van der Waals surface area contributed by atoms with Crippen LogP contribution >= 0.6 is 0 Å². The molecule has 2 aromatic rings. The van der Waals surface area contributed by atoms with Crippen molar-refractivity contribution in [3.8, 4) is 5.75 Å². The van der Waals surface area contributed by atoms with E-state index in [9.17, 15) is 14.7 Å². The van der Waals surface area contributed by atoms with Gasteiger partial charge in [0, 0.05) is 24.0 Å². The maximum atomic E-state index is 13.6.